The summed E-state index contributed by atoms with van der Waals surface area (Å²) in [5.41, 5.74) is 0. The minimum atomic E-state index is -5.11. The summed E-state index contributed by atoms with van der Waals surface area (Å²) in [5.74, 6) is -1.11. The minimum absolute atomic E-state index is 0.0999. The van der Waals surface area contributed by atoms with E-state index in [1.165, 1.54) is 70.6 Å². The number of unbranched alkanes of at least 4 members (excludes halogenated alkanes) is 20. The van der Waals surface area contributed by atoms with Crippen molar-refractivity contribution in [2.75, 3.05) is 13.2 Å². The number of aliphatic hydroxyl groups is 5. The Bertz CT molecular complexity index is 1010. The van der Waals surface area contributed by atoms with E-state index in [1.54, 1.807) is 0 Å². The molecular formula is C40H75O13P. The van der Waals surface area contributed by atoms with Gasteiger partial charge in [-0.15, -0.1) is 0 Å². The molecule has 54 heavy (non-hydrogen) atoms. The van der Waals surface area contributed by atoms with Gasteiger partial charge in [0.1, 0.15) is 43.2 Å². The molecule has 6 N–H and O–H groups in total. The molecule has 0 aromatic heterocycles. The van der Waals surface area contributed by atoms with Crippen molar-refractivity contribution in [3.63, 3.8) is 0 Å². The van der Waals surface area contributed by atoms with Crippen molar-refractivity contribution in [3.8, 4) is 0 Å². The van der Waals surface area contributed by atoms with E-state index in [0.29, 0.717) is 12.8 Å². The Morgan fingerprint density at radius 1 is 0.556 bits per heavy atom. The predicted octanol–water partition coefficient (Wildman–Crippen LogP) is 7.11. The normalized spacial score (nSPS) is 23.3. The van der Waals surface area contributed by atoms with E-state index in [2.05, 4.69) is 26.0 Å². The number of carbonyl (C=O) groups is 2. The molecule has 14 heteroatoms. The fourth-order valence-electron chi connectivity index (χ4n) is 6.40. The number of hydrogen-bond acceptors (Lipinski definition) is 12. The standard InChI is InChI=1S/C40H75O13P/c1-3-5-7-9-11-13-15-17-19-21-23-25-27-29-34(42)52-32(30-50-33(41)28-26-24-22-20-18-16-14-12-10-8-6-4-2)31-51-54(48,49)53-40-38(46)36(44)35(43)37(45)39(40)47/h12,14,32,35-40,43-47H,3-11,13,15-31H2,1-2H3,(H,48,49)/b14-12-/t32-,35?,36-,37?,38?,39?,40?/m1/s1. The van der Waals surface area contributed by atoms with Gasteiger partial charge in [0.05, 0.1) is 6.61 Å². The molecule has 0 amide bonds. The highest BCUT2D eigenvalue weighted by Gasteiger charge is 2.51. The van der Waals surface area contributed by atoms with Gasteiger partial charge >= 0.3 is 19.8 Å². The second-order valence-electron chi connectivity index (χ2n) is 14.8. The smallest absolute Gasteiger partial charge is 0.462 e. The van der Waals surface area contributed by atoms with Crippen LogP contribution in [0.2, 0.25) is 0 Å². The minimum Gasteiger partial charge on any atom is -0.462 e. The number of allylic oxidation sites excluding steroid dienone is 2. The molecule has 0 spiro atoms. The maximum absolute atomic E-state index is 12.8. The maximum atomic E-state index is 12.8. The van der Waals surface area contributed by atoms with Crippen molar-refractivity contribution in [1.29, 1.82) is 0 Å². The summed E-state index contributed by atoms with van der Waals surface area (Å²) in [7, 11) is -5.11. The van der Waals surface area contributed by atoms with Crippen LogP contribution in [0.4, 0.5) is 0 Å². The number of phosphoric acid groups is 1. The van der Waals surface area contributed by atoms with E-state index in [0.717, 1.165) is 64.2 Å². The summed E-state index contributed by atoms with van der Waals surface area (Å²) in [4.78, 5) is 35.5. The van der Waals surface area contributed by atoms with Crippen molar-refractivity contribution in [2.45, 2.75) is 217 Å². The molecule has 0 bridgehead atoms. The van der Waals surface area contributed by atoms with Crippen LogP contribution >= 0.6 is 7.82 Å². The monoisotopic (exact) mass is 794 g/mol. The summed E-state index contributed by atoms with van der Waals surface area (Å²) < 4.78 is 33.4. The summed E-state index contributed by atoms with van der Waals surface area (Å²) >= 11 is 0. The fraction of sp³-hybridized carbons (Fsp3) is 0.900. The summed E-state index contributed by atoms with van der Waals surface area (Å²) in [6, 6.07) is 0. The lowest BCUT2D eigenvalue weighted by atomic mass is 9.85. The van der Waals surface area contributed by atoms with Gasteiger partial charge in [-0.3, -0.25) is 18.6 Å². The lowest BCUT2D eigenvalue weighted by Gasteiger charge is -2.41. The number of rotatable bonds is 34. The average Bonchev–Trinajstić information content (AvgIpc) is 3.15. The predicted molar refractivity (Wildman–Crippen MR) is 207 cm³/mol. The first-order valence-electron chi connectivity index (χ1n) is 21.0. The van der Waals surface area contributed by atoms with E-state index in [4.69, 9.17) is 18.5 Å². The highest BCUT2D eigenvalue weighted by molar-refractivity contribution is 7.47. The molecule has 1 fully saturated rings. The molecule has 1 saturated carbocycles. The third kappa shape index (κ3) is 24.3. The van der Waals surface area contributed by atoms with Crippen LogP contribution in [0.1, 0.15) is 174 Å². The second kappa shape index (κ2) is 31.6. The van der Waals surface area contributed by atoms with Gasteiger partial charge in [0.15, 0.2) is 6.10 Å². The molecule has 1 aliphatic carbocycles. The van der Waals surface area contributed by atoms with E-state index < -0.39 is 75.7 Å². The van der Waals surface area contributed by atoms with Crippen molar-refractivity contribution < 1.29 is 63.1 Å². The molecule has 0 heterocycles. The zero-order chi connectivity index (χ0) is 40.0. The lowest BCUT2D eigenvalue weighted by Crippen LogP contribution is -2.64. The van der Waals surface area contributed by atoms with Crippen LogP contribution in [0, 0.1) is 0 Å². The van der Waals surface area contributed by atoms with E-state index >= 15 is 0 Å². The second-order valence-corrected chi connectivity index (χ2v) is 16.3. The first-order valence-corrected chi connectivity index (χ1v) is 22.5. The van der Waals surface area contributed by atoms with Gasteiger partial charge in [0, 0.05) is 12.8 Å². The van der Waals surface area contributed by atoms with Crippen LogP contribution in [-0.4, -0.2) is 98.3 Å². The van der Waals surface area contributed by atoms with Crippen LogP contribution in [0.25, 0.3) is 0 Å². The third-order valence-electron chi connectivity index (χ3n) is 9.86. The van der Waals surface area contributed by atoms with Crippen LogP contribution in [0.3, 0.4) is 0 Å². The van der Waals surface area contributed by atoms with Gasteiger partial charge in [-0.05, 0) is 38.5 Å². The van der Waals surface area contributed by atoms with E-state index in [-0.39, 0.29) is 12.8 Å². The van der Waals surface area contributed by atoms with Crippen molar-refractivity contribution in [3.05, 3.63) is 12.2 Å². The molecule has 0 radical (unpaired) electrons. The molecule has 1 rings (SSSR count). The Morgan fingerprint density at radius 3 is 1.44 bits per heavy atom. The molecular weight excluding hydrogens is 719 g/mol. The zero-order valence-electron chi connectivity index (χ0n) is 33.3. The molecule has 0 saturated heterocycles. The number of hydrogen-bond donors (Lipinski definition) is 6. The number of carbonyl (C=O) groups excluding carboxylic acids is 2. The Labute approximate surface area is 324 Å². The van der Waals surface area contributed by atoms with Gasteiger partial charge in [0.25, 0.3) is 0 Å². The van der Waals surface area contributed by atoms with Crippen LogP contribution in [-0.2, 0) is 32.7 Å². The number of ether oxygens (including phenoxy) is 2. The van der Waals surface area contributed by atoms with E-state index in [1.807, 2.05) is 0 Å². The van der Waals surface area contributed by atoms with Crippen LogP contribution in [0.5, 0.6) is 0 Å². The van der Waals surface area contributed by atoms with Gasteiger partial charge in [-0.2, -0.15) is 0 Å². The summed E-state index contributed by atoms with van der Waals surface area (Å²) in [5, 5.41) is 50.0. The van der Waals surface area contributed by atoms with Crippen molar-refractivity contribution in [1.82, 2.24) is 0 Å². The molecule has 6 unspecified atom stereocenters. The Hall–Kier alpha value is -1.41. The highest BCUT2D eigenvalue weighted by atomic mass is 31.2. The fourth-order valence-corrected chi connectivity index (χ4v) is 7.37. The van der Waals surface area contributed by atoms with Gasteiger partial charge in [0.2, 0.25) is 0 Å². The molecule has 0 aromatic carbocycles. The SMILES string of the molecule is CCCCC/C=C\CCCCCCCC(=O)OC[C@H](COP(=O)(O)OC1C(O)C(O)C(O)[C@@H](O)C1O)OC(=O)CCCCCCCCCCCCCCC. The third-order valence-corrected chi connectivity index (χ3v) is 10.8. The Morgan fingerprint density at radius 2 is 0.944 bits per heavy atom. The molecule has 0 aromatic rings. The number of esters is 2. The average molecular weight is 795 g/mol. The lowest BCUT2D eigenvalue weighted by molar-refractivity contribution is -0.220. The zero-order valence-corrected chi connectivity index (χ0v) is 34.2. The Kier molecular flexibility index (Phi) is 29.7. The summed E-state index contributed by atoms with van der Waals surface area (Å²) in [6.07, 6.45) is 17.1. The topological polar surface area (TPSA) is 210 Å². The number of aliphatic hydroxyl groups excluding tert-OH is 5. The molecule has 1 aliphatic rings. The first kappa shape index (κ1) is 50.6. The van der Waals surface area contributed by atoms with Crippen LogP contribution in [0.15, 0.2) is 12.2 Å². The van der Waals surface area contributed by atoms with Gasteiger partial charge in [-0.25, -0.2) is 4.57 Å². The summed E-state index contributed by atoms with van der Waals surface area (Å²) in [6.45, 7) is 3.25. The molecule has 318 valence electrons. The highest BCUT2D eigenvalue weighted by Crippen LogP contribution is 2.47. The van der Waals surface area contributed by atoms with Gasteiger partial charge < -0.3 is 39.9 Å². The maximum Gasteiger partial charge on any atom is 0.472 e. The van der Waals surface area contributed by atoms with Gasteiger partial charge in [-0.1, -0.05) is 135 Å². The quantitative estimate of drug-likeness (QED) is 0.0166. The van der Waals surface area contributed by atoms with Crippen molar-refractivity contribution in [2.24, 2.45) is 0 Å². The molecule has 0 aliphatic heterocycles. The van der Waals surface area contributed by atoms with Crippen LogP contribution < -0.4 is 0 Å². The Balaban J connectivity index is 2.51. The molecule has 13 nitrogen and oxygen atoms in total. The molecule has 8 atom stereocenters. The van der Waals surface area contributed by atoms with E-state index in [9.17, 15) is 44.6 Å². The first-order chi connectivity index (χ1) is 25.9. The number of phosphoric ester groups is 1. The van der Waals surface area contributed by atoms with Crippen molar-refractivity contribution >= 4 is 19.8 Å². The largest absolute Gasteiger partial charge is 0.472 e.